The van der Waals surface area contributed by atoms with Gasteiger partial charge in [-0.3, -0.25) is 14.8 Å². The Bertz CT molecular complexity index is 813. The first kappa shape index (κ1) is 15.3. The maximum Gasteiger partial charge on any atom is 0.306 e. The lowest BCUT2D eigenvalue weighted by molar-refractivity contribution is -0.387. The van der Waals surface area contributed by atoms with Crippen LogP contribution in [0.1, 0.15) is 0 Å². The third-order valence-electron chi connectivity index (χ3n) is 2.41. The third-order valence-corrected chi connectivity index (χ3v) is 4.39. The Balaban J connectivity index is 2.43. The van der Waals surface area contributed by atoms with Crippen molar-refractivity contribution in [2.45, 2.75) is 4.90 Å². The van der Waals surface area contributed by atoms with Crippen LogP contribution >= 0.6 is 15.9 Å². The van der Waals surface area contributed by atoms with Gasteiger partial charge in [0.15, 0.2) is 5.82 Å². The molecule has 1 heterocycles. The van der Waals surface area contributed by atoms with Crippen molar-refractivity contribution in [3.8, 4) is 0 Å². The van der Waals surface area contributed by atoms with Gasteiger partial charge in [0.25, 0.3) is 10.0 Å². The number of anilines is 1. The Kier molecular flexibility index (Phi) is 4.19. The van der Waals surface area contributed by atoms with Gasteiger partial charge in [-0.25, -0.2) is 13.4 Å². The molecule has 0 aliphatic rings. The van der Waals surface area contributed by atoms with Gasteiger partial charge in [-0.15, -0.1) is 0 Å². The maximum absolute atomic E-state index is 13.2. The van der Waals surface area contributed by atoms with Crippen molar-refractivity contribution in [1.82, 2.24) is 4.98 Å². The van der Waals surface area contributed by atoms with E-state index in [1.165, 1.54) is 6.20 Å². The molecule has 7 nitrogen and oxygen atoms in total. The number of hydrogen-bond donors (Lipinski definition) is 1. The summed E-state index contributed by atoms with van der Waals surface area (Å²) in [5.74, 6) is -1.09. The minimum atomic E-state index is -4.12. The van der Waals surface area contributed by atoms with Crippen LogP contribution in [0, 0.1) is 15.9 Å². The average Bonchev–Trinajstić information content (AvgIpc) is 2.41. The number of pyridine rings is 1. The molecule has 1 aromatic heterocycles. The third kappa shape index (κ3) is 3.34. The molecule has 0 aliphatic heterocycles. The zero-order valence-corrected chi connectivity index (χ0v) is 12.6. The summed E-state index contributed by atoms with van der Waals surface area (Å²) >= 11 is 3.11. The van der Waals surface area contributed by atoms with E-state index in [9.17, 15) is 22.9 Å². The molecule has 0 amide bonds. The summed E-state index contributed by atoms with van der Waals surface area (Å²) in [6.07, 6.45) is 1.37. The SMILES string of the molecule is O=[N+]([O-])c1cc(S(=O)(=O)Nc2ncccc2Br)ccc1F. The molecule has 1 aromatic carbocycles. The number of nitro benzene ring substituents is 1. The van der Waals surface area contributed by atoms with Crippen molar-refractivity contribution in [2.24, 2.45) is 0 Å². The molecule has 0 saturated heterocycles. The summed E-state index contributed by atoms with van der Waals surface area (Å²) in [5.41, 5.74) is -0.919. The van der Waals surface area contributed by atoms with Crippen molar-refractivity contribution in [2.75, 3.05) is 4.72 Å². The molecule has 0 spiro atoms. The van der Waals surface area contributed by atoms with Gasteiger partial charge in [0.05, 0.1) is 14.3 Å². The standard InChI is InChI=1S/C11H7BrFN3O4S/c12-8-2-1-5-14-11(8)15-21(19,20)7-3-4-9(13)10(6-7)16(17)18/h1-6H,(H,14,15). The van der Waals surface area contributed by atoms with Crippen molar-refractivity contribution >= 4 is 37.5 Å². The Morgan fingerprint density at radius 1 is 1.33 bits per heavy atom. The van der Waals surface area contributed by atoms with E-state index in [1.807, 2.05) is 0 Å². The first-order chi connectivity index (χ1) is 9.81. The predicted molar refractivity (Wildman–Crippen MR) is 75.8 cm³/mol. The fraction of sp³-hybridized carbons (Fsp3) is 0. The topological polar surface area (TPSA) is 102 Å². The Morgan fingerprint density at radius 3 is 2.67 bits per heavy atom. The Labute approximate surface area is 127 Å². The number of halogens is 2. The monoisotopic (exact) mass is 375 g/mol. The first-order valence-corrected chi connectivity index (χ1v) is 7.66. The van der Waals surface area contributed by atoms with Crippen molar-refractivity contribution < 1.29 is 17.7 Å². The van der Waals surface area contributed by atoms with Gasteiger partial charge < -0.3 is 0 Å². The van der Waals surface area contributed by atoms with Crippen LogP contribution in [0.4, 0.5) is 15.9 Å². The molecule has 0 aliphatic carbocycles. The number of aromatic nitrogens is 1. The largest absolute Gasteiger partial charge is 0.306 e. The summed E-state index contributed by atoms with van der Waals surface area (Å²) in [6, 6.07) is 5.46. The van der Waals surface area contributed by atoms with E-state index in [-0.39, 0.29) is 5.82 Å². The van der Waals surface area contributed by atoms with Crippen LogP contribution < -0.4 is 4.72 Å². The van der Waals surface area contributed by atoms with Crippen LogP contribution in [0.3, 0.4) is 0 Å². The number of sulfonamides is 1. The maximum atomic E-state index is 13.2. The van der Waals surface area contributed by atoms with Gasteiger partial charge >= 0.3 is 5.69 Å². The van der Waals surface area contributed by atoms with Crippen molar-refractivity contribution in [3.63, 3.8) is 0 Å². The van der Waals surface area contributed by atoms with E-state index in [4.69, 9.17) is 0 Å². The van der Waals surface area contributed by atoms with Gasteiger partial charge in [-0.05, 0) is 40.2 Å². The zero-order chi connectivity index (χ0) is 15.6. The molecule has 0 fully saturated rings. The lowest BCUT2D eigenvalue weighted by Crippen LogP contribution is -2.14. The molecule has 0 atom stereocenters. The van der Waals surface area contributed by atoms with Gasteiger partial charge in [0.1, 0.15) is 0 Å². The molecule has 0 saturated carbocycles. The molecule has 2 rings (SSSR count). The van der Waals surface area contributed by atoms with Gasteiger partial charge in [-0.1, -0.05) is 0 Å². The predicted octanol–water partition coefficient (Wildman–Crippen LogP) is 2.69. The van der Waals surface area contributed by atoms with Crippen LogP contribution in [0.2, 0.25) is 0 Å². The van der Waals surface area contributed by atoms with Gasteiger partial charge in [0.2, 0.25) is 5.82 Å². The van der Waals surface area contributed by atoms with E-state index in [1.54, 1.807) is 12.1 Å². The van der Waals surface area contributed by atoms with E-state index in [0.29, 0.717) is 10.5 Å². The number of hydrogen-bond acceptors (Lipinski definition) is 5. The number of nitrogens with one attached hydrogen (secondary N) is 1. The highest BCUT2D eigenvalue weighted by Gasteiger charge is 2.22. The quantitative estimate of drug-likeness (QED) is 0.653. The number of nitrogens with zero attached hydrogens (tertiary/aromatic N) is 2. The number of nitro groups is 1. The van der Waals surface area contributed by atoms with E-state index in [2.05, 4.69) is 25.6 Å². The second-order valence-electron chi connectivity index (χ2n) is 3.81. The number of benzene rings is 1. The smallest absolute Gasteiger partial charge is 0.262 e. The van der Waals surface area contributed by atoms with Crippen molar-refractivity contribution in [3.05, 3.63) is 56.9 Å². The van der Waals surface area contributed by atoms with Crippen LogP contribution in [0.15, 0.2) is 45.9 Å². The Hall–Kier alpha value is -2.07. The molecular weight excluding hydrogens is 369 g/mol. The minimum Gasteiger partial charge on any atom is -0.262 e. The van der Waals surface area contributed by atoms with Crippen LogP contribution in [-0.2, 0) is 10.0 Å². The summed E-state index contributed by atoms with van der Waals surface area (Å²) in [5, 5.41) is 10.6. The highest BCUT2D eigenvalue weighted by Crippen LogP contribution is 2.25. The molecule has 1 N–H and O–H groups in total. The lowest BCUT2D eigenvalue weighted by atomic mass is 10.3. The summed E-state index contributed by atoms with van der Waals surface area (Å²) in [7, 11) is -4.12. The molecule has 21 heavy (non-hydrogen) atoms. The molecule has 0 unspecified atom stereocenters. The molecule has 2 aromatic rings. The summed E-state index contributed by atoms with van der Waals surface area (Å²) in [6.45, 7) is 0. The van der Waals surface area contributed by atoms with Crippen LogP contribution in [-0.4, -0.2) is 18.3 Å². The van der Waals surface area contributed by atoms with Crippen LogP contribution in [0.25, 0.3) is 0 Å². The second kappa shape index (κ2) is 5.74. The highest BCUT2D eigenvalue weighted by atomic mass is 79.9. The fourth-order valence-electron chi connectivity index (χ4n) is 1.45. The molecule has 10 heteroatoms. The van der Waals surface area contributed by atoms with E-state index in [0.717, 1.165) is 12.1 Å². The van der Waals surface area contributed by atoms with E-state index >= 15 is 0 Å². The van der Waals surface area contributed by atoms with Gasteiger partial charge in [-0.2, -0.15) is 4.39 Å². The van der Waals surface area contributed by atoms with Crippen LogP contribution in [0.5, 0.6) is 0 Å². The minimum absolute atomic E-state index is 0.0180. The average molecular weight is 376 g/mol. The Morgan fingerprint density at radius 2 is 2.05 bits per heavy atom. The zero-order valence-electron chi connectivity index (χ0n) is 10.2. The van der Waals surface area contributed by atoms with Gasteiger partial charge in [0, 0.05) is 12.3 Å². The molecule has 0 bridgehead atoms. The summed E-state index contributed by atoms with van der Waals surface area (Å²) in [4.78, 5) is 13.0. The van der Waals surface area contributed by atoms with E-state index < -0.39 is 31.3 Å². The normalized spacial score (nSPS) is 11.1. The second-order valence-corrected chi connectivity index (χ2v) is 6.35. The number of rotatable bonds is 4. The first-order valence-electron chi connectivity index (χ1n) is 5.38. The highest BCUT2D eigenvalue weighted by molar-refractivity contribution is 9.10. The molecule has 0 radical (unpaired) electrons. The lowest BCUT2D eigenvalue weighted by Gasteiger charge is -2.08. The molecule has 110 valence electrons. The summed E-state index contributed by atoms with van der Waals surface area (Å²) < 4.78 is 40.0. The molecular formula is C11H7BrFN3O4S. The fourth-order valence-corrected chi connectivity index (χ4v) is 2.98. The van der Waals surface area contributed by atoms with Crippen molar-refractivity contribution in [1.29, 1.82) is 0 Å².